The summed E-state index contributed by atoms with van der Waals surface area (Å²) < 4.78 is 0.718. The normalized spacial score (nSPS) is 10.1. The zero-order chi connectivity index (χ0) is 13.0. The van der Waals surface area contributed by atoms with Crippen LogP contribution in [0.2, 0.25) is 5.02 Å². The molecule has 92 valence electrons. The second-order valence-corrected chi connectivity index (χ2v) is 5.19. The Morgan fingerprint density at radius 3 is 2.65 bits per heavy atom. The molecule has 2 nitrogen and oxygen atoms in total. The molecule has 1 aromatic rings. The molecule has 0 aliphatic heterocycles. The summed E-state index contributed by atoms with van der Waals surface area (Å²) in [5.74, 6) is -0.0148. The van der Waals surface area contributed by atoms with Gasteiger partial charge in [0.25, 0.3) is 5.91 Å². The van der Waals surface area contributed by atoms with Crippen molar-refractivity contribution in [2.24, 2.45) is 0 Å². The number of amides is 1. The lowest BCUT2D eigenvalue weighted by Gasteiger charge is -2.21. The molecule has 0 aliphatic rings. The molecule has 0 fully saturated rings. The van der Waals surface area contributed by atoms with Crippen LogP contribution in [0.3, 0.4) is 0 Å². The van der Waals surface area contributed by atoms with Crippen LogP contribution in [-0.2, 0) is 0 Å². The molecule has 0 saturated heterocycles. The van der Waals surface area contributed by atoms with Gasteiger partial charge in [-0.3, -0.25) is 4.79 Å². The Bertz CT molecular complexity index is 445. The summed E-state index contributed by atoms with van der Waals surface area (Å²) in [7, 11) is 0. The van der Waals surface area contributed by atoms with Gasteiger partial charge in [0.2, 0.25) is 0 Å². The zero-order valence-corrected chi connectivity index (χ0v) is 12.3. The summed E-state index contributed by atoms with van der Waals surface area (Å²) in [5, 5.41) is 0.608. The second-order valence-electron chi connectivity index (χ2n) is 3.90. The summed E-state index contributed by atoms with van der Waals surface area (Å²) >= 11 is 9.21. The van der Waals surface area contributed by atoms with Gasteiger partial charge in [-0.05, 0) is 48.0 Å². The molecule has 1 aromatic carbocycles. The Morgan fingerprint density at radius 1 is 1.53 bits per heavy atom. The largest absolute Gasteiger partial charge is 0.335 e. The molecular formula is C13H15BrClNO. The first-order chi connectivity index (χ1) is 7.95. The van der Waals surface area contributed by atoms with E-state index in [1.807, 2.05) is 13.8 Å². The standard InChI is InChI=1S/C13H15BrClNO/c1-4-16(8-9(2)3)13(17)11-6-5-10(15)7-12(11)14/h5-7H,2,4,8H2,1,3H3. The minimum Gasteiger partial charge on any atom is -0.335 e. The second kappa shape index (κ2) is 6.22. The maximum atomic E-state index is 12.3. The zero-order valence-electron chi connectivity index (χ0n) is 9.96. The topological polar surface area (TPSA) is 20.3 Å². The van der Waals surface area contributed by atoms with E-state index in [1.54, 1.807) is 23.1 Å². The number of carbonyl (C=O) groups excluding carboxylic acids is 1. The molecule has 1 amide bonds. The number of carbonyl (C=O) groups is 1. The van der Waals surface area contributed by atoms with Crippen molar-refractivity contribution in [1.82, 2.24) is 4.90 Å². The molecule has 0 spiro atoms. The summed E-state index contributed by atoms with van der Waals surface area (Å²) in [6, 6.07) is 5.17. The van der Waals surface area contributed by atoms with Gasteiger partial charge < -0.3 is 4.90 Å². The Morgan fingerprint density at radius 2 is 2.18 bits per heavy atom. The summed E-state index contributed by atoms with van der Waals surface area (Å²) in [6.07, 6.45) is 0. The lowest BCUT2D eigenvalue weighted by Crippen LogP contribution is -2.32. The highest BCUT2D eigenvalue weighted by Gasteiger charge is 2.16. The van der Waals surface area contributed by atoms with Gasteiger partial charge in [0.1, 0.15) is 0 Å². The van der Waals surface area contributed by atoms with Crippen molar-refractivity contribution >= 4 is 33.4 Å². The number of rotatable bonds is 4. The van der Waals surface area contributed by atoms with E-state index in [4.69, 9.17) is 11.6 Å². The Hall–Kier alpha value is -0.800. The van der Waals surface area contributed by atoms with E-state index in [0.29, 0.717) is 23.7 Å². The summed E-state index contributed by atoms with van der Waals surface area (Å²) in [5.41, 5.74) is 1.59. The minimum absolute atomic E-state index is 0.0148. The molecule has 0 heterocycles. The number of nitrogens with zero attached hydrogens (tertiary/aromatic N) is 1. The van der Waals surface area contributed by atoms with Crippen molar-refractivity contribution < 1.29 is 4.79 Å². The third kappa shape index (κ3) is 3.86. The maximum absolute atomic E-state index is 12.3. The average Bonchev–Trinajstić information content (AvgIpc) is 2.24. The van der Waals surface area contributed by atoms with Gasteiger partial charge in [0, 0.05) is 22.6 Å². The van der Waals surface area contributed by atoms with Crippen molar-refractivity contribution in [3.8, 4) is 0 Å². The van der Waals surface area contributed by atoms with Gasteiger partial charge in [-0.2, -0.15) is 0 Å². The average molecular weight is 317 g/mol. The van der Waals surface area contributed by atoms with E-state index in [2.05, 4.69) is 22.5 Å². The quantitative estimate of drug-likeness (QED) is 0.765. The number of likely N-dealkylation sites (N-methyl/N-ethyl adjacent to an activating group) is 1. The third-order valence-corrected chi connectivity index (χ3v) is 3.18. The highest BCUT2D eigenvalue weighted by molar-refractivity contribution is 9.10. The van der Waals surface area contributed by atoms with Gasteiger partial charge in [-0.25, -0.2) is 0 Å². The lowest BCUT2D eigenvalue weighted by molar-refractivity contribution is 0.0777. The van der Waals surface area contributed by atoms with Gasteiger partial charge in [0.15, 0.2) is 0 Å². The van der Waals surface area contributed by atoms with Gasteiger partial charge >= 0.3 is 0 Å². The predicted molar refractivity (Wildman–Crippen MR) is 75.5 cm³/mol. The Kier molecular flexibility index (Phi) is 5.22. The van der Waals surface area contributed by atoms with Crippen LogP contribution < -0.4 is 0 Å². The van der Waals surface area contributed by atoms with Crippen molar-refractivity contribution in [3.63, 3.8) is 0 Å². The molecule has 0 bridgehead atoms. The minimum atomic E-state index is -0.0148. The van der Waals surface area contributed by atoms with Gasteiger partial charge in [0.05, 0.1) is 5.56 Å². The molecular weight excluding hydrogens is 302 g/mol. The van der Waals surface area contributed by atoms with Gasteiger partial charge in [-0.15, -0.1) is 0 Å². The molecule has 0 saturated carbocycles. The number of hydrogen-bond acceptors (Lipinski definition) is 1. The van der Waals surface area contributed by atoms with Gasteiger partial charge in [-0.1, -0.05) is 23.8 Å². The molecule has 1 rings (SSSR count). The molecule has 0 unspecified atom stereocenters. The van der Waals surface area contributed by atoms with E-state index >= 15 is 0 Å². The highest BCUT2D eigenvalue weighted by Crippen LogP contribution is 2.23. The SMILES string of the molecule is C=C(C)CN(CC)C(=O)c1ccc(Cl)cc1Br. The van der Waals surface area contributed by atoms with Crippen molar-refractivity contribution in [1.29, 1.82) is 0 Å². The Labute approximate surface area is 115 Å². The van der Waals surface area contributed by atoms with Crippen LogP contribution in [0, 0.1) is 0 Å². The predicted octanol–water partition coefficient (Wildman–Crippen LogP) is 4.14. The number of halogens is 2. The van der Waals surface area contributed by atoms with Crippen LogP contribution in [0.1, 0.15) is 24.2 Å². The van der Waals surface area contributed by atoms with Crippen molar-refractivity contribution in [2.45, 2.75) is 13.8 Å². The first kappa shape index (κ1) is 14.3. The fourth-order valence-electron chi connectivity index (χ4n) is 1.49. The lowest BCUT2D eigenvalue weighted by atomic mass is 10.2. The maximum Gasteiger partial charge on any atom is 0.255 e. The molecule has 0 aromatic heterocycles. The van der Waals surface area contributed by atoms with Crippen LogP contribution >= 0.6 is 27.5 Å². The summed E-state index contributed by atoms with van der Waals surface area (Å²) in [6.45, 7) is 8.91. The van der Waals surface area contributed by atoms with E-state index in [-0.39, 0.29) is 5.91 Å². The molecule has 0 atom stereocenters. The summed E-state index contributed by atoms with van der Waals surface area (Å²) in [4.78, 5) is 14.0. The Balaban J connectivity index is 2.97. The van der Waals surface area contributed by atoms with Crippen molar-refractivity contribution in [2.75, 3.05) is 13.1 Å². The highest BCUT2D eigenvalue weighted by atomic mass is 79.9. The first-order valence-electron chi connectivity index (χ1n) is 5.34. The van der Waals surface area contributed by atoms with E-state index < -0.39 is 0 Å². The monoisotopic (exact) mass is 315 g/mol. The third-order valence-electron chi connectivity index (χ3n) is 2.29. The van der Waals surface area contributed by atoms with E-state index in [0.717, 1.165) is 10.0 Å². The van der Waals surface area contributed by atoms with Crippen LogP contribution in [0.4, 0.5) is 0 Å². The van der Waals surface area contributed by atoms with E-state index in [1.165, 1.54) is 0 Å². The smallest absolute Gasteiger partial charge is 0.255 e. The molecule has 0 radical (unpaired) electrons. The van der Waals surface area contributed by atoms with Crippen molar-refractivity contribution in [3.05, 3.63) is 45.4 Å². The number of hydrogen-bond donors (Lipinski definition) is 0. The van der Waals surface area contributed by atoms with E-state index in [9.17, 15) is 4.79 Å². The molecule has 17 heavy (non-hydrogen) atoms. The molecule has 4 heteroatoms. The molecule has 0 aliphatic carbocycles. The van der Waals surface area contributed by atoms with Crippen LogP contribution in [0.5, 0.6) is 0 Å². The van der Waals surface area contributed by atoms with Crippen LogP contribution in [0.15, 0.2) is 34.8 Å². The fraction of sp³-hybridized carbons (Fsp3) is 0.308. The first-order valence-corrected chi connectivity index (χ1v) is 6.51. The number of benzene rings is 1. The van der Waals surface area contributed by atoms with Crippen LogP contribution in [-0.4, -0.2) is 23.9 Å². The van der Waals surface area contributed by atoms with Crippen LogP contribution in [0.25, 0.3) is 0 Å². The fourth-order valence-corrected chi connectivity index (χ4v) is 2.34. The molecule has 0 N–H and O–H groups in total.